The molecule has 6 heteroatoms. The summed E-state index contributed by atoms with van der Waals surface area (Å²) in [4.78, 5) is 15.4. The third-order valence-electron chi connectivity index (χ3n) is 5.56. The van der Waals surface area contributed by atoms with E-state index in [2.05, 4.69) is 32.2 Å². The van der Waals surface area contributed by atoms with Crippen LogP contribution in [-0.2, 0) is 6.54 Å². The molecular formula is C18H23N3O2S. The SMILES string of the molecule is Cc1noc(C)c1C(=O)N(Cc1ccsc1)C1CC12CCNCC2. The topological polar surface area (TPSA) is 58.4 Å². The Balaban J connectivity index is 1.62. The molecule has 2 aliphatic rings. The van der Waals surface area contributed by atoms with Gasteiger partial charge in [-0.15, -0.1) is 0 Å². The van der Waals surface area contributed by atoms with Gasteiger partial charge in [-0.25, -0.2) is 0 Å². The van der Waals surface area contributed by atoms with Crippen LogP contribution in [0, 0.1) is 19.3 Å². The highest BCUT2D eigenvalue weighted by molar-refractivity contribution is 7.07. The molecule has 1 spiro atoms. The molecule has 0 aromatic carbocycles. The van der Waals surface area contributed by atoms with Gasteiger partial charge in [-0.05, 0) is 74.0 Å². The van der Waals surface area contributed by atoms with Crippen molar-refractivity contribution in [3.8, 4) is 0 Å². The van der Waals surface area contributed by atoms with Crippen molar-refractivity contribution in [3.05, 3.63) is 39.4 Å². The Bertz CT molecular complexity index is 712. The molecule has 5 nitrogen and oxygen atoms in total. The molecule has 1 unspecified atom stereocenters. The lowest BCUT2D eigenvalue weighted by Gasteiger charge is -2.29. The maximum atomic E-state index is 13.3. The second-order valence-corrected chi connectivity index (χ2v) is 7.88. The van der Waals surface area contributed by atoms with Gasteiger partial charge >= 0.3 is 0 Å². The minimum atomic E-state index is 0.0675. The van der Waals surface area contributed by atoms with E-state index in [1.165, 1.54) is 5.56 Å². The smallest absolute Gasteiger partial charge is 0.259 e. The summed E-state index contributed by atoms with van der Waals surface area (Å²) in [6.07, 6.45) is 3.44. The highest BCUT2D eigenvalue weighted by Crippen LogP contribution is 2.56. The number of rotatable bonds is 4. The lowest BCUT2D eigenvalue weighted by molar-refractivity contribution is 0.0690. The zero-order valence-electron chi connectivity index (χ0n) is 14.2. The summed E-state index contributed by atoms with van der Waals surface area (Å²) in [6.45, 7) is 6.46. The van der Waals surface area contributed by atoms with E-state index in [-0.39, 0.29) is 5.91 Å². The lowest BCUT2D eigenvalue weighted by atomic mass is 9.93. The average molecular weight is 345 g/mol. The van der Waals surface area contributed by atoms with Gasteiger partial charge in [0.2, 0.25) is 0 Å². The molecule has 3 heterocycles. The molecule has 24 heavy (non-hydrogen) atoms. The van der Waals surface area contributed by atoms with E-state index in [0.29, 0.717) is 35.0 Å². The van der Waals surface area contributed by atoms with Gasteiger partial charge in [-0.1, -0.05) is 5.16 Å². The first-order valence-corrected chi connectivity index (χ1v) is 9.51. The Hall–Kier alpha value is -1.66. The van der Waals surface area contributed by atoms with E-state index in [1.807, 2.05) is 13.8 Å². The van der Waals surface area contributed by atoms with Crippen LogP contribution in [0.2, 0.25) is 0 Å². The molecular weight excluding hydrogens is 322 g/mol. The number of aryl methyl sites for hydroxylation is 2. The maximum absolute atomic E-state index is 13.3. The third-order valence-corrected chi connectivity index (χ3v) is 6.30. The molecule has 2 fully saturated rings. The van der Waals surface area contributed by atoms with Gasteiger partial charge in [0.15, 0.2) is 0 Å². The van der Waals surface area contributed by atoms with Crippen molar-refractivity contribution in [2.45, 2.75) is 45.7 Å². The van der Waals surface area contributed by atoms with Crippen LogP contribution in [0.15, 0.2) is 21.3 Å². The Morgan fingerprint density at radius 2 is 2.25 bits per heavy atom. The van der Waals surface area contributed by atoms with Crippen molar-refractivity contribution in [2.75, 3.05) is 13.1 Å². The summed E-state index contributed by atoms with van der Waals surface area (Å²) in [5.41, 5.74) is 2.85. The molecule has 1 aliphatic carbocycles. The van der Waals surface area contributed by atoms with E-state index in [4.69, 9.17) is 4.52 Å². The summed E-state index contributed by atoms with van der Waals surface area (Å²) in [5.74, 6) is 0.686. The summed E-state index contributed by atoms with van der Waals surface area (Å²) in [6, 6.07) is 2.44. The number of carbonyl (C=O) groups excluding carboxylic acids is 1. The quantitative estimate of drug-likeness (QED) is 0.925. The monoisotopic (exact) mass is 345 g/mol. The van der Waals surface area contributed by atoms with E-state index in [0.717, 1.165) is 32.4 Å². The molecule has 1 amide bonds. The van der Waals surface area contributed by atoms with Crippen LogP contribution in [0.5, 0.6) is 0 Å². The second-order valence-electron chi connectivity index (χ2n) is 7.10. The van der Waals surface area contributed by atoms with Crippen LogP contribution >= 0.6 is 11.3 Å². The van der Waals surface area contributed by atoms with Crippen molar-refractivity contribution in [3.63, 3.8) is 0 Å². The predicted molar refractivity (Wildman–Crippen MR) is 93.1 cm³/mol. The van der Waals surface area contributed by atoms with Crippen LogP contribution < -0.4 is 5.32 Å². The van der Waals surface area contributed by atoms with Gasteiger partial charge in [0.1, 0.15) is 11.3 Å². The van der Waals surface area contributed by atoms with Crippen LogP contribution in [0.4, 0.5) is 0 Å². The van der Waals surface area contributed by atoms with E-state index in [9.17, 15) is 4.79 Å². The molecule has 128 valence electrons. The van der Waals surface area contributed by atoms with Crippen molar-refractivity contribution < 1.29 is 9.32 Å². The molecule has 2 aromatic heterocycles. The van der Waals surface area contributed by atoms with Crippen LogP contribution in [0.3, 0.4) is 0 Å². The number of nitrogens with zero attached hydrogens (tertiary/aromatic N) is 2. The number of amides is 1. The highest BCUT2D eigenvalue weighted by Gasteiger charge is 2.58. The summed E-state index contributed by atoms with van der Waals surface area (Å²) >= 11 is 1.68. The van der Waals surface area contributed by atoms with E-state index in [1.54, 1.807) is 11.3 Å². The Labute approximate surface area is 146 Å². The van der Waals surface area contributed by atoms with Gasteiger partial charge in [-0.3, -0.25) is 4.79 Å². The number of hydrogen-bond acceptors (Lipinski definition) is 5. The summed E-state index contributed by atoms with van der Waals surface area (Å²) < 4.78 is 5.23. The van der Waals surface area contributed by atoms with Crippen LogP contribution in [-0.4, -0.2) is 35.1 Å². The molecule has 1 N–H and O–H groups in total. The molecule has 0 bridgehead atoms. The van der Waals surface area contributed by atoms with Crippen LogP contribution in [0.1, 0.15) is 46.6 Å². The maximum Gasteiger partial charge on any atom is 0.259 e. The van der Waals surface area contributed by atoms with E-state index < -0.39 is 0 Å². The summed E-state index contributed by atoms with van der Waals surface area (Å²) in [5, 5.41) is 11.6. The van der Waals surface area contributed by atoms with Crippen molar-refractivity contribution in [1.29, 1.82) is 0 Å². The first kappa shape index (κ1) is 15.8. The van der Waals surface area contributed by atoms with Crippen molar-refractivity contribution >= 4 is 17.2 Å². The molecule has 0 radical (unpaired) electrons. The van der Waals surface area contributed by atoms with Crippen LogP contribution in [0.25, 0.3) is 0 Å². The van der Waals surface area contributed by atoms with Gasteiger partial charge in [0.25, 0.3) is 5.91 Å². The van der Waals surface area contributed by atoms with Gasteiger partial charge in [-0.2, -0.15) is 11.3 Å². The fraction of sp³-hybridized carbons (Fsp3) is 0.556. The minimum absolute atomic E-state index is 0.0675. The number of hydrogen-bond donors (Lipinski definition) is 1. The number of aromatic nitrogens is 1. The largest absolute Gasteiger partial charge is 0.361 e. The first-order valence-electron chi connectivity index (χ1n) is 8.56. The van der Waals surface area contributed by atoms with Gasteiger partial charge in [0.05, 0.1) is 5.69 Å². The minimum Gasteiger partial charge on any atom is -0.361 e. The zero-order valence-corrected chi connectivity index (χ0v) is 15.0. The Kier molecular flexibility index (Phi) is 3.96. The molecule has 1 aliphatic heterocycles. The second kappa shape index (κ2) is 6.01. The Morgan fingerprint density at radius 3 is 2.88 bits per heavy atom. The third kappa shape index (κ3) is 2.67. The molecule has 4 rings (SSSR count). The molecule has 1 saturated carbocycles. The predicted octanol–water partition coefficient (Wildman–Crippen LogP) is 3.14. The fourth-order valence-electron chi connectivity index (χ4n) is 4.06. The zero-order chi connectivity index (χ0) is 16.7. The molecule has 1 saturated heterocycles. The van der Waals surface area contributed by atoms with Crippen molar-refractivity contribution in [2.24, 2.45) is 5.41 Å². The normalized spacial score (nSPS) is 21.8. The first-order chi connectivity index (χ1) is 11.6. The molecule has 2 aromatic rings. The van der Waals surface area contributed by atoms with E-state index >= 15 is 0 Å². The highest BCUT2D eigenvalue weighted by atomic mass is 32.1. The fourth-order valence-corrected chi connectivity index (χ4v) is 4.72. The molecule has 1 atom stereocenters. The summed E-state index contributed by atoms with van der Waals surface area (Å²) in [7, 11) is 0. The average Bonchev–Trinajstić information content (AvgIpc) is 2.91. The standard InChI is InChI=1S/C18H23N3O2S/c1-12-16(13(2)23-20-12)17(22)21(10-14-3-8-24-11-14)15-9-18(15)4-6-19-7-5-18/h3,8,11,15,19H,4-7,9-10H2,1-2H3. The van der Waals surface area contributed by atoms with Gasteiger partial charge in [0, 0.05) is 12.6 Å². The number of nitrogens with one attached hydrogen (secondary N) is 1. The van der Waals surface area contributed by atoms with Crippen molar-refractivity contribution in [1.82, 2.24) is 15.4 Å². The number of thiophene rings is 1. The lowest BCUT2D eigenvalue weighted by Crippen LogP contribution is -2.39. The Morgan fingerprint density at radius 1 is 1.46 bits per heavy atom. The number of piperidine rings is 1. The number of carbonyl (C=O) groups is 1. The van der Waals surface area contributed by atoms with Gasteiger partial charge < -0.3 is 14.7 Å².